The number of carbonyl (C=O) groups is 2. The molecule has 5 rings (SSSR count). The summed E-state index contributed by atoms with van der Waals surface area (Å²) in [5, 5.41) is 6.63. The monoisotopic (exact) mass is 620 g/mol. The van der Waals surface area contributed by atoms with Gasteiger partial charge < -0.3 is 10.6 Å². The van der Waals surface area contributed by atoms with Gasteiger partial charge in [0, 0.05) is 28.8 Å². The molecule has 2 N–H and O–H groups in total. The van der Waals surface area contributed by atoms with Crippen LogP contribution in [0.25, 0.3) is 0 Å². The molecule has 1 spiro atoms. The molecule has 2 amide bonds. The highest BCUT2D eigenvalue weighted by Gasteiger charge is 2.68. The fourth-order valence-electron chi connectivity index (χ4n) is 6.56. The van der Waals surface area contributed by atoms with Crippen molar-refractivity contribution in [3.8, 4) is 0 Å². The maximum Gasteiger partial charge on any atom is 0.416 e. The molecule has 2 atom stereocenters. The lowest BCUT2D eigenvalue weighted by Crippen LogP contribution is -2.65. The standard InChI is InChI=1S/C30H29ClF3N3O4S/c1-19-29(13-15-35-16-14-29)25-17-21(28(39)36-18-22-5-3-4-6-26(22)31)7-12-27(25)37(19,20(2)38)42(40,41)24-10-8-23(9-11-24)30(32,33)34/h3-12,17,19,35H,13-16,18H2,1-2H3/p+1. The number of amides is 2. The van der Waals surface area contributed by atoms with Gasteiger partial charge in [-0.2, -0.15) is 21.6 Å². The molecule has 2 heterocycles. The Morgan fingerprint density at radius 3 is 2.29 bits per heavy atom. The van der Waals surface area contributed by atoms with E-state index in [1.54, 1.807) is 37.3 Å². The average Bonchev–Trinajstić information content (AvgIpc) is 3.17. The van der Waals surface area contributed by atoms with Crippen molar-refractivity contribution in [1.82, 2.24) is 14.5 Å². The van der Waals surface area contributed by atoms with E-state index >= 15 is 0 Å². The minimum atomic E-state index is -4.65. The predicted octanol–water partition coefficient (Wildman–Crippen LogP) is 5.55. The summed E-state index contributed by atoms with van der Waals surface area (Å²) in [7, 11) is -4.60. The van der Waals surface area contributed by atoms with Crippen molar-refractivity contribution in [3.63, 3.8) is 0 Å². The van der Waals surface area contributed by atoms with Crippen LogP contribution in [0.4, 0.5) is 18.9 Å². The van der Waals surface area contributed by atoms with Crippen molar-refractivity contribution in [2.24, 2.45) is 0 Å². The fourth-order valence-corrected chi connectivity index (χ4v) is 8.95. The van der Waals surface area contributed by atoms with E-state index in [-0.39, 0.29) is 12.2 Å². The van der Waals surface area contributed by atoms with E-state index in [1.807, 2.05) is 0 Å². The summed E-state index contributed by atoms with van der Waals surface area (Å²) in [5.74, 6) is -1.08. The van der Waals surface area contributed by atoms with Crippen molar-refractivity contribution in [2.45, 2.75) is 55.8 Å². The lowest BCUT2D eigenvalue weighted by molar-refractivity contribution is -0.137. The summed E-state index contributed by atoms with van der Waals surface area (Å²) in [6, 6.07) is 14.1. The van der Waals surface area contributed by atoms with Gasteiger partial charge in [-0.25, -0.2) is 4.79 Å². The van der Waals surface area contributed by atoms with Crippen LogP contribution in [0, 0.1) is 0 Å². The average molecular weight is 621 g/mol. The highest BCUT2D eigenvalue weighted by molar-refractivity contribution is 7.91. The summed E-state index contributed by atoms with van der Waals surface area (Å²) < 4.78 is 67.5. The number of alkyl halides is 3. The lowest BCUT2D eigenvalue weighted by Gasteiger charge is -2.41. The van der Waals surface area contributed by atoms with Crippen LogP contribution >= 0.6 is 11.6 Å². The molecule has 3 aromatic carbocycles. The van der Waals surface area contributed by atoms with Crippen molar-refractivity contribution < 1.29 is 31.2 Å². The second-order valence-corrected chi connectivity index (χ2v) is 13.2. The first-order valence-corrected chi connectivity index (χ1v) is 15.3. The first kappa shape index (κ1) is 30.2. The number of sulfonamides is 1. The van der Waals surface area contributed by atoms with Crippen LogP contribution in [-0.4, -0.2) is 39.4 Å². The molecule has 2 unspecified atom stereocenters. The third-order valence-electron chi connectivity index (χ3n) is 8.72. The van der Waals surface area contributed by atoms with Crippen LogP contribution in [0.5, 0.6) is 0 Å². The highest BCUT2D eigenvalue weighted by Crippen LogP contribution is 2.57. The molecule has 222 valence electrons. The third-order valence-corrected chi connectivity index (χ3v) is 11.5. The van der Waals surface area contributed by atoms with E-state index in [0.717, 1.165) is 17.7 Å². The largest absolute Gasteiger partial charge is 0.416 e. The van der Waals surface area contributed by atoms with Gasteiger partial charge in [0.2, 0.25) is 0 Å². The molecule has 1 fully saturated rings. The predicted molar refractivity (Wildman–Crippen MR) is 153 cm³/mol. The van der Waals surface area contributed by atoms with Gasteiger partial charge in [0.15, 0.2) is 5.69 Å². The molecule has 42 heavy (non-hydrogen) atoms. The van der Waals surface area contributed by atoms with Crippen molar-refractivity contribution in [1.29, 1.82) is 0 Å². The van der Waals surface area contributed by atoms with E-state index in [9.17, 15) is 31.2 Å². The number of hydrogen-bond donors (Lipinski definition) is 2. The molecule has 7 nitrogen and oxygen atoms in total. The van der Waals surface area contributed by atoms with Gasteiger partial charge >= 0.3 is 22.1 Å². The second-order valence-electron chi connectivity index (χ2n) is 10.8. The number of fused-ring (bicyclic) bond motifs is 2. The smallest absolute Gasteiger partial charge is 0.348 e. The molecular weight excluding hydrogens is 591 g/mol. The van der Waals surface area contributed by atoms with Gasteiger partial charge in [0.25, 0.3) is 5.91 Å². The minimum Gasteiger partial charge on any atom is -0.348 e. The maximum atomic E-state index is 14.4. The Morgan fingerprint density at radius 1 is 1.05 bits per heavy atom. The van der Waals surface area contributed by atoms with Gasteiger partial charge in [-0.15, -0.1) is 3.89 Å². The van der Waals surface area contributed by atoms with Crippen LogP contribution in [0.1, 0.15) is 53.7 Å². The number of nitrogens with one attached hydrogen (secondary N) is 2. The van der Waals surface area contributed by atoms with Crippen LogP contribution in [-0.2, 0) is 33.0 Å². The first-order chi connectivity index (χ1) is 19.8. The van der Waals surface area contributed by atoms with Gasteiger partial charge in [0.1, 0.15) is 10.9 Å². The molecule has 2 aliphatic rings. The number of rotatable bonds is 5. The van der Waals surface area contributed by atoms with E-state index in [0.29, 0.717) is 54.2 Å². The Balaban J connectivity index is 1.63. The number of halogens is 4. The maximum absolute atomic E-state index is 14.4. The van der Waals surface area contributed by atoms with Gasteiger partial charge in [-0.3, -0.25) is 4.79 Å². The molecule has 0 bridgehead atoms. The van der Waals surface area contributed by atoms with Crippen molar-refractivity contribution in [2.75, 3.05) is 13.1 Å². The summed E-state index contributed by atoms with van der Waals surface area (Å²) >= 11 is 6.23. The van der Waals surface area contributed by atoms with E-state index < -0.39 is 53.8 Å². The summed E-state index contributed by atoms with van der Waals surface area (Å²) in [5.41, 5.74) is 0.0259. The number of hydrogen-bond acceptors (Lipinski definition) is 5. The van der Waals surface area contributed by atoms with Crippen LogP contribution < -0.4 is 14.5 Å². The molecule has 0 aromatic heterocycles. The third kappa shape index (κ3) is 4.63. The van der Waals surface area contributed by atoms with E-state index in [1.165, 1.54) is 19.1 Å². The molecular formula is C30H30ClF3N3O4S+. The van der Waals surface area contributed by atoms with Gasteiger partial charge in [-0.05, 0) is 80.9 Å². The molecule has 0 radical (unpaired) electrons. The Bertz CT molecular complexity index is 1650. The molecule has 1 saturated heterocycles. The topological polar surface area (TPSA) is 92.3 Å². The van der Waals surface area contributed by atoms with E-state index in [4.69, 9.17) is 11.6 Å². The Labute approximate surface area is 247 Å². The van der Waals surface area contributed by atoms with Crippen LogP contribution in [0.2, 0.25) is 5.02 Å². The van der Waals surface area contributed by atoms with E-state index in [2.05, 4.69) is 10.6 Å². The highest BCUT2D eigenvalue weighted by atomic mass is 35.5. The summed E-state index contributed by atoms with van der Waals surface area (Å²) in [4.78, 5) is 26.5. The summed E-state index contributed by atoms with van der Waals surface area (Å²) in [6.45, 7) is 4.18. The van der Waals surface area contributed by atoms with Crippen molar-refractivity contribution in [3.05, 3.63) is 94.0 Å². The number of quaternary nitrogens is 1. The number of carbonyl (C=O) groups excluding carboxylic acids is 2. The molecule has 0 saturated carbocycles. The summed E-state index contributed by atoms with van der Waals surface area (Å²) in [6.07, 6.45) is -3.64. The number of nitrogens with zero attached hydrogens (tertiary/aromatic N) is 1. The molecule has 0 aliphatic carbocycles. The normalized spacial score (nSPS) is 21.6. The number of piperidine rings is 1. The lowest BCUT2D eigenvalue weighted by atomic mass is 9.70. The minimum absolute atomic E-state index is 0.177. The number of benzene rings is 3. The van der Waals surface area contributed by atoms with Crippen LogP contribution in [0.3, 0.4) is 0 Å². The van der Waals surface area contributed by atoms with Gasteiger partial charge in [-0.1, -0.05) is 29.8 Å². The Morgan fingerprint density at radius 2 is 1.69 bits per heavy atom. The molecule has 2 aliphatic heterocycles. The Hall–Kier alpha value is -3.25. The molecule has 12 heteroatoms. The quantitative estimate of drug-likeness (QED) is 0.365. The zero-order chi connectivity index (χ0) is 30.5. The Kier molecular flexibility index (Phi) is 7.76. The van der Waals surface area contributed by atoms with Crippen molar-refractivity contribution >= 4 is 39.1 Å². The zero-order valence-electron chi connectivity index (χ0n) is 23.0. The fraction of sp³-hybridized carbons (Fsp3) is 0.333. The van der Waals surface area contributed by atoms with Gasteiger partial charge in [0.05, 0.1) is 17.9 Å². The molecule has 3 aromatic rings. The van der Waals surface area contributed by atoms with Crippen LogP contribution in [0.15, 0.2) is 71.6 Å². The SMILES string of the molecule is CC(=O)[N+]1(S(=O)(=O)c2ccc(C(F)(F)F)cc2)c2ccc(C(=O)NCc3ccccc3Cl)cc2C2(CCNCC2)C1C. The first-order valence-electron chi connectivity index (χ1n) is 13.5. The zero-order valence-corrected chi connectivity index (χ0v) is 24.5. The second kappa shape index (κ2) is 10.8.